The van der Waals surface area contributed by atoms with Crippen molar-refractivity contribution < 1.29 is 4.74 Å². The van der Waals surface area contributed by atoms with Crippen LogP contribution in [0.4, 0.5) is 0 Å². The highest BCUT2D eigenvalue weighted by Crippen LogP contribution is 2.48. The van der Waals surface area contributed by atoms with E-state index in [2.05, 4.69) is 41.1 Å². The molecule has 0 amide bonds. The van der Waals surface area contributed by atoms with Gasteiger partial charge in [0.1, 0.15) is 5.75 Å². The molecule has 2 heteroatoms. The van der Waals surface area contributed by atoms with Gasteiger partial charge in [-0.05, 0) is 49.5 Å². The molecule has 0 aromatic heterocycles. The number of rotatable bonds is 4. The molecular formula is C16H21BrO. The monoisotopic (exact) mass is 308 g/mol. The lowest BCUT2D eigenvalue weighted by molar-refractivity contribution is 0.193. The number of alkyl halides is 1. The van der Waals surface area contributed by atoms with Crippen LogP contribution in [-0.2, 0) is 5.33 Å². The Bertz CT molecular complexity index is 429. The molecule has 1 aromatic rings. The van der Waals surface area contributed by atoms with Gasteiger partial charge in [-0.25, -0.2) is 0 Å². The summed E-state index contributed by atoms with van der Waals surface area (Å²) in [5, 5.41) is 0.876. The topological polar surface area (TPSA) is 9.23 Å². The fraction of sp³-hybridized carbons (Fsp3) is 0.625. The molecule has 0 N–H and O–H groups in total. The highest BCUT2D eigenvalue weighted by molar-refractivity contribution is 9.08. The third-order valence-corrected chi connectivity index (χ3v) is 5.37. The number of halogens is 1. The number of para-hydroxylation sites is 1. The average molecular weight is 309 g/mol. The first-order valence-electron chi connectivity index (χ1n) is 7.05. The molecule has 3 rings (SSSR count). The predicted molar refractivity (Wildman–Crippen MR) is 78.2 cm³/mol. The molecule has 0 saturated heterocycles. The number of ether oxygens (including phenoxy) is 1. The molecule has 2 aliphatic rings. The van der Waals surface area contributed by atoms with E-state index in [0.29, 0.717) is 0 Å². The highest BCUT2D eigenvalue weighted by Gasteiger charge is 2.39. The standard InChI is InChI=1S/C16H21BrO/c1-11-3-2-4-14(9-17)16(11)18-10-15-8-12-5-6-13(15)7-12/h2-4,12-13,15H,5-10H2,1H3. The summed E-state index contributed by atoms with van der Waals surface area (Å²) in [7, 11) is 0. The molecule has 3 atom stereocenters. The third-order valence-electron chi connectivity index (χ3n) is 4.76. The van der Waals surface area contributed by atoms with E-state index in [1.165, 1.54) is 36.8 Å². The van der Waals surface area contributed by atoms with Gasteiger partial charge in [-0.2, -0.15) is 0 Å². The lowest BCUT2D eigenvalue weighted by Gasteiger charge is -2.23. The van der Waals surface area contributed by atoms with Crippen LogP contribution < -0.4 is 4.74 Å². The minimum absolute atomic E-state index is 0.812. The summed E-state index contributed by atoms with van der Waals surface area (Å²) in [6, 6.07) is 6.40. The fourth-order valence-corrected chi connectivity index (χ4v) is 4.24. The Hall–Kier alpha value is -0.500. The van der Waals surface area contributed by atoms with Crippen LogP contribution in [0.25, 0.3) is 0 Å². The van der Waals surface area contributed by atoms with Crippen LogP contribution in [0, 0.1) is 24.7 Å². The van der Waals surface area contributed by atoms with Gasteiger partial charge in [0.15, 0.2) is 0 Å². The third kappa shape index (κ3) is 2.32. The second-order valence-electron chi connectivity index (χ2n) is 5.94. The Morgan fingerprint density at radius 2 is 2.17 bits per heavy atom. The van der Waals surface area contributed by atoms with E-state index < -0.39 is 0 Å². The Labute approximate surface area is 118 Å². The van der Waals surface area contributed by atoms with Crippen molar-refractivity contribution in [1.29, 1.82) is 0 Å². The molecule has 0 aliphatic heterocycles. The van der Waals surface area contributed by atoms with Crippen LogP contribution in [0.2, 0.25) is 0 Å². The molecule has 2 bridgehead atoms. The molecular weight excluding hydrogens is 288 g/mol. The van der Waals surface area contributed by atoms with Crippen LogP contribution in [0.3, 0.4) is 0 Å². The molecule has 2 saturated carbocycles. The van der Waals surface area contributed by atoms with E-state index in [1.807, 2.05) is 0 Å². The first kappa shape index (κ1) is 12.5. The summed E-state index contributed by atoms with van der Waals surface area (Å²) >= 11 is 3.55. The van der Waals surface area contributed by atoms with Crippen molar-refractivity contribution >= 4 is 15.9 Å². The first-order valence-corrected chi connectivity index (χ1v) is 8.17. The van der Waals surface area contributed by atoms with Gasteiger partial charge < -0.3 is 4.74 Å². The van der Waals surface area contributed by atoms with E-state index in [9.17, 15) is 0 Å². The second kappa shape index (κ2) is 5.24. The number of benzene rings is 1. The number of aryl methyl sites for hydroxylation is 1. The lowest BCUT2D eigenvalue weighted by Crippen LogP contribution is -2.19. The van der Waals surface area contributed by atoms with Crippen LogP contribution >= 0.6 is 15.9 Å². The molecule has 1 nitrogen and oxygen atoms in total. The van der Waals surface area contributed by atoms with Crippen molar-refractivity contribution in [3.8, 4) is 5.75 Å². The van der Waals surface area contributed by atoms with Crippen LogP contribution in [0.15, 0.2) is 18.2 Å². The van der Waals surface area contributed by atoms with E-state index >= 15 is 0 Å². The van der Waals surface area contributed by atoms with E-state index in [0.717, 1.165) is 35.4 Å². The lowest BCUT2D eigenvalue weighted by atomic mass is 9.89. The first-order chi connectivity index (χ1) is 8.78. The Morgan fingerprint density at radius 3 is 2.83 bits per heavy atom. The molecule has 3 unspecified atom stereocenters. The Morgan fingerprint density at radius 1 is 1.28 bits per heavy atom. The molecule has 0 spiro atoms. The van der Waals surface area contributed by atoms with Crippen molar-refractivity contribution in [2.45, 2.75) is 37.9 Å². The Balaban J connectivity index is 1.66. The number of hydrogen-bond acceptors (Lipinski definition) is 1. The van der Waals surface area contributed by atoms with E-state index in [1.54, 1.807) is 0 Å². The van der Waals surface area contributed by atoms with Crippen molar-refractivity contribution in [2.24, 2.45) is 17.8 Å². The zero-order chi connectivity index (χ0) is 12.5. The van der Waals surface area contributed by atoms with Gasteiger partial charge in [0.25, 0.3) is 0 Å². The molecule has 1 aromatic carbocycles. The van der Waals surface area contributed by atoms with Gasteiger partial charge in [0, 0.05) is 10.9 Å². The minimum Gasteiger partial charge on any atom is -0.493 e. The minimum atomic E-state index is 0.812. The van der Waals surface area contributed by atoms with Gasteiger partial charge >= 0.3 is 0 Å². The summed E-state index contributed by atoms with van der Waals surface area (Å²) in [5.74, 6) is 3.88. The average Bonchev–Trinajstić information content (AvgIpc) is 2.99. The summed E-state index contributed by atoms with van der Waals surface area (Å²) in [6.45, 7) is 3.06. The molecule has 18 heavy (non-hydrogen) atoms. The summed E-state index contributed by atoms with van der Waals surface area (Å²) in [4.78, 5) is 0. The second-order valence-corrected chi connectivity index (χ2v) is 6.50. The smallest absolute Gasteiger partial charge is 0.126 e. The van der Waals surface area contributed by atoms with Crippen LogP contribution in [0.5, 0.6) is 5.75 Å². The van der Waals surface area contributed by atoms with Gasteiger partial charge in [0.2, 0.25) is 0 Å². The quantitative estimate of drug-likeness (QED) is 0.732. The predicted octanol–water partition coefficient (Wildman–Crippen LogP) is 4.70. The number of hydrogen-bond donors (Lipinski definition) is 0. The van der Waals surface area contributed by atoms with Gasteiger partial charge in [-0.15, -0.1) is 0 Å². The maximum atomic E-state index is 6.17. The van der Waals surface area contributed by atoms with Crippen molar-refractivity contribution in [3.05, 3.63) is 29.3 Å². The zero-order valence-corrected chi connectivity index (χ0v) is 12.6. The molecule has 98 valence electrons. The number of fused-ring (bicyclic) bond motifs is 2. The van der Waals surface area contributed by atoms with Gasteiger partial charge in [-0.1, -0.05) is 40.5 Å². The summed E-state index contributed by atoms with van der Waals surface area (Å²) in [5.41, 5.74) is 2.54. The highest BCUT2D eigenvalue weighted by atomic mass is 79.9. The Kier molecular flexibility index (Phi) is 3.65. The summed E-state index contributed by atoms with van der Waals surface area (Å²) in [6.07, 6.45) is 5.78. The molecule has 2 aliphatic carbocycles. The normalized spacial score (nSPS) is 29.8. The maximum absolute atomic E-state index is 6.17. The molecule has 0 heterocycles. The fourth-order valence-electron chi connectivity index (χ4n) is 3.80. The molecule has 0 radical (unpaired) electrons. The van der Waals surface area contributed by atoms with E-state index in [-0.39, 0.29) is 0 Å². The maximum Gasteiger partial charge on any atom is 0.126 e. The summed E-state index contributed by atoms with van der Waals surface area (Å²) < 4.78 is 6.17. The van der Waals surface area contributed by atoms with Gasteiger partial charge in [0.05, 0.1) is 6.61 Å². The van der Waals surface area contributed by atoms with Crippen LogP contribution in [-0.4, -0.2) is 6.61 Å². The molecule has 2 fully saturated rings. The van der Waals surface area contributed by atoms with Gasteiger partial charge in [-0.3, -0.25) is 0 Å². The van der Waals surface area contributed by atoms with Crippen molar-refractivity contribution in [1.82, 2.24) is 0 Å². The van der Waals surface area contributed by atoms with E-state index in [4.69, 9.17) is 4.74 Å². The van der Waals surface area contributed by atoms with Crippen LogP contribution in [0.1, 0.15) is 36.8 Å². The van der Waals surface area contributed by atoms with Crippen molar-refractivity contribution in [2.75, 3.05) is 6.61 Å². The van der Waals surface area contributed by atoms with Crippen molar-refractivity contribution in [3.63, 3.8) is 0 Å². The zero-order valence-electron chi connectivity index (χ0n) is 11.0. The SMILES string of the molecule is Cc1cccc(CBr)c1OCC1CC2CCC1C2. The largest absolute Gasteiger partial charge is 0.493 e.